The lowest BCUT2D eigenvalue weighted by molar-refractivity contribution is -0.161. The molecule has 19 heteroatoms. The fourth-order valence-electron chi connectivity index (χ4n) is 11.1. The number of phosphoric ester groups is 2. The predicted octanol–water partition coefficient (Wildman–Crippen LogP) is 21.0. The van der Waals surface area contributed by atoms with Gasteiger partial charge in [0.1, 0.15) is 19.3 Å². The van der Waals surface area contributed by atoms with E-state index in [-0.39, 0.29) is 25.7 Å². The normalized spacial score (nSPS) is 14.1. The van der Waals surface area contributed by atoms with Gasteiger partial charge >= 0.3 is 39.5 Å². The van der Waals surface area contributed by atoms with Crippen molar-refractivity contribution in [1.82, 2.24) is 0 Å². The zero-order valence-corrected chi connectivity index (χ0v) is 61.8. The highest BCUT2D eigenvalue weighted by Crippen LogP contribution is 2.45. The van der Waals surface area contributed by atoms with Crippen LogP contribution in [0.25, 0.3) is 0 Å². The Labute approximate surface area is 562 Å². The number of unbranched alkanes of at least 4 members (excludes halogenated alkanes) is 39. The summed E-state index contributed by atoms with van der Waals surface area (Å²) in [5.74, 6) is 0.142. The number of ether oxygens (including phenoxy) is 4. The summed E-state index contributed by atoms with van der Waals surface area (Å²) in [6, 6.07) is 0. The molecule has 0 saturated heterocycles. The van der Waals surface area contributed by atoms with Crippen LogP contribution in [-0.2, 0) is 65.4 Å². The van der Waals surface area contributed by atoms with E-state index in [2.05, 4.69) is 48.5 Å². The molecular weight excluding hydrogens is 1210 g/mol. The fraction of sp³-hybridized carbons (Fsp3) is 0.945. The van der Waals surface area contributed by atoms with Crippen LogP contribution in [0.4, 0.5) is 0 Å². The molecule has 0 bridgehead atoms. The molecule has 0 aliphatic carbocycles. The number of esters is 4. The molecule has 5 atom stereocenters. The van der Waals surface area contributed by atoms with Crippen molar-refractivity contribution in [2.75, 3.05) is 39.6 Å². The van der Waals surface area contributed by atoms with Crippen LogP contribution < -0.4 is 0 Å². The van der Waals surface area contributed by atoms with Crippen molar-refractivity contribution in [3.8, 4) is 0 Å². The van der Waals surface area contributed by atoms with Crippen LogP contribution in [-0.4, -0.2) is 96.7 Å². The summed E-state index contributed by atoms with van der Waals surface area (Å²) in [7, 11) is -9.91. The van der Waals surface area contributed by atoms with Gasteiger partial charge in [0, 0.05) is 25.7 Å². The SMILES string of the molecule is CCCCCCCCCCCCCCCC(=O)O[C@H](COC(=O)CCCCCCCCCCC(C)C)COP(=O)(O)OC[C@H](O)COP(=O)(O)OC[C@@H](COC(=O)CCCCCCCCCCCCCC(C)C)OC(=O)CCCCCCCCCCCCCC(C)C. The highest BCUT2D eigenvalue weighted by atomic mass is 31.2. The topological polar surface area (TPSA) is 237 Å². The number of rotatable bonds is 71. The summed E-state index contributed by atoms with van der Waals surface area (Å²) in [5, 5.41) is 10.6. The van der Waals surface area contributed by atoms with E-state index in [9.17, 15) is 43.2 Å². The lowest BCUT2D eigenvalue weighted by atomic mass is 10.0. The Morgan fingerprint density at radius 1 is 0.293 bits per heavy atom. The maximum absolute atomic E-state index is 13.1. The lowest BCUT2D eigenvalue weighted by Crippen LogP contribution is -2.30. The van der Waals surface area contributed by atoms with Crippen LogP contribution >= 0.6 is 15.6 Å². The molecule has 0 aromatic rings. The van der Waals surface area contributed by atoms with Gasteiger partial charge in [-0.15, -0.1) is 0 Å². The maximum Gasteiger partial charge on any atom is 0.472 e. The zero-order chi connectivity index (χ0) is 68.0. The molecule has 546 valence electrons. The molecule has 17 nitrogen and oxygen atoms in total. The zero-order valence-electron chi connectivity index (χ0n) is 60.0. The number of phosphoric acid groups is 2. The summed E-state index contributed by atoms with van der Waals surface area (Å²) in [4.78, 5) is 72.7. The Morgan fingerprint density at radius 2 is 0.500 bits per heavy atom. The number of aliphatic hydroxyl groups is 1. The van der Waals surface area contributed by atoms with E-state index in [0.29, 0.717) is 25.7 Å². The first-order valence-corrected chi connectivity index (χ1v) is 40.8. The third kappa shape index (κ3) is 66.7. The average Bonchev–Trinajstić information content (AvgIpc) is 3.50. The number of carbonyl (C=O) groups is 4. The fourth-order valence-corrected chi connectivity index (χ4v) is 12.7. The van der Waals surface area contributed by atoms with Crippen molar-refractivity contribution in [3.63, 3.8) is 0 Å². The van der Waals surface area contributed by atoms with Gasteiger partial charge in [-0.3, -0.25) is 37.3 Å². The quantitative estimate of drug-likeness (QED) is 0.0222. The van der Waals surface area contributed by atoms with Crippen molar-refractivity contribution in [3.05, 3.63) is 0 Å². The van der Waals surface area contributed by atoms with Crippen LogP contribution in [0.2, 0.25) is 0 Å². The van der Waals surface area contributed by atoms with Crippen LogP contribution in [0.5, 0.6) is 0 Å². The molecule has 0 aliphatic rings. The molecule has 2 unspecified atom stereocenters. The van der Waals surface area contributed by atoms with Gasteiger partial charge in [0.2, 0.25) is 0 Å². The van der Waals surface area contributed by atoms with E-state index >= 15 is 0 Å². The van der Waals surface area contributed by atoms with E-state index in [1.165, 1.54) is 180 Å². The molecule has 92 heavy (non-hydrogen) atoms. The van der Waals surface area contributed by atoms with Crippen LogP contribution in [0.3, 0.4) is 0 Å². The molecule has 0 heterocycles. The van der Waals surface area contributed by atoms with E-state index in [1.807, 2.05) is 0 Å². The van der Waals surface area contributed by atoms with E-state index in [4.69, 9.17) is 37.0 Å². The summed E-state index contributed by atoms with van der Waals surface area (Å²) in [6.07, 6.45) is 48.5. The van der Waals surface area contributed by atoms with Crippen LogP contribution in [0, 0.1) is 17.8 Å². The Balaban J connectivity index is 5.27. The molecule has 3 N–H and O–H groups in total. The number of hydrogen-bond acceptors (Lipinski definition) is 15. The highest BCUT2D eigenvalue weighted by Gasteiger charge is 2.30. The standard InChI is InChI=1S/C73H142O17P2/c1-8-9-10-11-12-13-14-15-20-26-35-42-49-56-72(77)90-69(61-84-71(76)55-48-41-34-29-28-32-39-46-53-66(6)7)63-88-92(81,82)86-59-67(74)58-85-91(79,80)87-62-68(89-73(78)57-50-43-36-27-22-17-19-24-31-38-45-52-65(4)5)60-83-70(75)54-47-40-33-25-21-16-18-23-30-37-44-51-64(2)3/h64-69,74H,8-63H2,1-7H3,(H,79,80)(H,81,82)/t67-,68-,69-/m1/s1. The van der Waals surface area contributed by atoms with Gasteiger partial charge < -0.3 is 33.8 Å². The van der Waals surface area contributed by atoms with Crippen LogP contribution in [0.15, 0.2) is 0 Å². The van der Waals surface area contributed by atoms with Crippen LogP contribution in [0.1, 0.15) is 370 Å². The second kappa shape index (κ2) is 63.8. The first-order chi connectivity index (χ1) is 44.2. The Bertz CT molecular complexity index is 1800. The second-order valence-corrected chi connectivity index (χ2v) is 30.7. The van der Waals surface area contributed by atoms with Gasteiger partial charge in [-0.1, -0.05) is 318 Å². The maximum atomic E-state index is 13.1. The van der Waals surface area contributed by atoms with Crippen molar-refractivity contribution in [1.29, 1.82) is 0 Å². The Morgan fingerprint density at radius 3 is 0.739 bits per heavy atom. The molecule has 0 amide bonds. The minimum Gasteiger partial charge on any atom is -0.462 e. The van der Waals surface area contributed by atoms with Crippen molar-refractivity contribution in [2.45, 2.75) is 388 Å². The third-order valence-corrected chi connectivity index (χ3v) is 18.8. The first kappa shape index (κ1) is 90.1. The first-order valence-electron chi connectivity index (χ1n) is 37.8. The Kier molecular flexibility index (Phi) is 62.4. The summed E-state index contributed by atoms with van der Waals surface area (Å²) < 4.78 is 68.4. The third-order valence-electron chi connectivity index (χ3n) is 16.9. The Hall–Kier alpha value is -1.94. The minimum atomic E-state index is -4.95. The second-order valence-electron chi connectivity index (χ2n) is 27.8. The predicted molar refractivity (Wildman–Crippen MR) is 372 cm³/mol. The van der Waals surface area contributed by atoms with Crippen molar-refractivity contribution >= 4 is 39.5 Å². The molecular formula is C73H142O17P2. The van der Waals surface area contributed by atoms with Crippen molar-refractivity contribution in [2.24, 2.45) is 17.8 Å². The lowest BCUT2D eigenvalue weighted by Gasteiger charge is -2.21. The summed E-state index contributed by atoms with van der Waals surface area (Å²) in [6.45, 7) is 11.9. The van der Waals surface area contributed by atoms with E-state index in [1.54, 1.807) is 0 Å². The number of carbonyl (C=O) groups excluding carboxylic acids is 4. The monoisotopic (exact) mass is 1350 g/mol. The average molecular weight is 1350 g/mol. The van der Waals surface area contributed by atoms with Gasteiger partial charge in [-0.2, -0.15) is 0 Å². The number of hydrogen-bond donors (Lipinski definition) is 3. The molecule has 0 rings (SSSR count). The van der Waals surface area contributed by atoms with E-state index in [0.717, 1.165) is 108 Å². The molecule has 0 aliphatic heterocycles. The highest BCUT2D eigenvalue weighted by molar-refractivity contribution is 7.47. The smallest absolute Gasteiger partial charge is 0.462 e. The summed E-state index contributed by atoms with van der Waals surface area (Å²) in [5.41, 5.74) is 0. The largest absolute Gasteiger partial charge is 0.472 e. The van der Waals surface area contributed by atoms with Gasteiger partial charge in [0.15, 0.2) is 12.2 Å². The van der Waals surface area contributed by atoms with Gasteiger partial charge in [0.05, 0.1) is 26.4 Å². The van der Waals surface area contributed by atoms with Gasteiger partial charge in [-0.25, -0.2) is 9.13 Å². The molecule has 0 saturated carbocycles. The van der Waals surface area contributed by atoms with Crippen molar-refractivity contribution < 1.29 is 80.2 Å². The molecule has 0 aromatic heterocycles. The number of aliphatic hydroxyl groups excluding tert-OH is 1. The molecule has 0 spiro atoms. The van der Waals surface area contributed by atoms with Gasteiger partial charge in [-0.05, 0) is 43.4 Å². The summed E-state index contributed by atoms with van der Waals surface area (Å²) >= 11 is 0. The molecule has 0 fully saturated rings. The molecule has 0 aromatic carbocycles. The van der Waals surface area contributed by atoms with Gasteiger partial charge in [0.25, 0.3) is 0 Å². The molecule has 0 radical (unpaired) electrons. The van der Waals surface area contributed by atoms with E-state index < -0.39 is 97.5 Å². The minimum absolute atomic E-state index is 0.106.